The molecule has 0 amide bonds. The zero-order valence-electron chi connectivity index (χ0n) is 13.3. The van der Waals surface area contributed by atoms with E-state index in [0.29, 0.717) is 6.42 Å². The highest BCUT2D eigenvalue weighted by molar-refractivity contribution is 7.85. The molecule has 1 aliphatic heterocycles. The normalized spacial score (nSPS) is 27.7. The molecule has 0 saturated carbocycles. The lowest BCUT2D eigenvalue weighted by atomic mass is 9.91. The average Bonchev–Trinajstić information content (AvgIpc) is 2.59. The maximum atomic E-state index is 13.2. The molecule has 0 bridgehead atoms. The van der Waals surface area contributed by atoms with Crippen molar-refractivity contribution in [2.24, 2.45) is 5.92 Å². The van der Waals surface area contributed by atoms with Gasteiger partial charge in [-0.3, -0.25) is 9.00 Å². The van der Waals surface area contributed by atoms with Gasteiger partial charge in [0.15, 0.2) is 0 Å². The van der Waals surface area contributed by atoms with Gasteiger partial charge in [0, 0.05) is 23.1 Å². The lowest BCUT2D eigenvalue weighted by Crippen LogP contribution is -2.33. The first kappa shape index (κ1) is 15.9. The van der Waals surface area contributed by atoms with E-state index in [0.717, 1.165) is 16.9 Å². The minimum absolute atomic E-state index is 0.180. The minimum atomic E-state index is -1.14. The van der Waals surface area contributed by atoms with Crippen LogP contribution < -0.4 is 4.74 Å². The van der Waals surface area contributed by atoms with Crippen LogP contribution in [0.15, 0.2) is 54.6 Å². The Hall–Kier alpha value is -1.94. The van der Waals surface area contributed by atoms with Gasteiger partial charge in [-0.15, -0.1) is 0 Å². The number of ketones is 1. The Morgan fingerprint density at radius 1 is 1.00 bits per heavy atom. The Kier molecular flexibility index (Phi) is 4.62. The summed E-state index contributed by atoms with van der Waals surface area (Å²) in [4.78, 5) is 12.5. The van der Waals surface area contributed by atoms with Gasteiger partial charge >= 0.3 is 0 Å². The van der Waals surface area contributed by atoms with E-state index >= 15 is 0 Å². The van der Waals surface area contributed by atoms with E-state index in [1.54, 1.807) is 7.11 Å². The van der Waals surface area contributed by atoms with Gasteiger partial charge in [0.05, 0.1) is 17.6 Å². The molecule has 2 aromatic carbocycles. The number of methoxy groups -OCH3 is 1. The van der Waals surface area contributed by atoms with Crippen molar-refractivity contribution < 1.29 is 13.7 Å². The third-order valence-corrected chi connectivity index (χ3v) is 6.68. The number of hydrogen-bond donors (Lipinski definition) is 0. The lowest BCUT2D eigenvalue weighted by molar-refractivity contribution is -0.122. The molecule has 2 aromatic rings. The quantitative estimate of drug-likeness (QED) is 0.860. The fourth-order valence-corrected chi connectivity index (χ4v) is 5.22. The van der Waals surface area contributed by atoms with Crippen molar-refractivity contribution in [1.82, 2.24) is 0 Å². The average molecular weight is 328 g/mol. The van der Waals surface area contributed by atoms with Crippen LogP contribution in [-0.4, -0.2) is 17.1 Å². The molecule has 4 unspecified atom stereocenters. The molecule has 1 saturated heterocycles. The van der Waals surface area contributed by atoms with Gasteiger partial charge in [-0.2, -0.15) is 0 Å². The zero-order valence-corrected chi connectivity index (χ0v) is 14.1. The molecule has 3 nitrogen and oxygen atoms in total. The molecule has 1 fully saturated rings. The molecular weight excluding hydrogens is 308 g/mol. The van der Waals surface area contributed by atoms with Crippen LogP contribution in [-0.2, 0) is 15.6 Å². The number of carbonyl (C=O) groups is 1. The van der Waals surface area contributed by atoms with Gasteiger partial charge < -0.3 is 4.74 Å². The molecule has 0 aliphatic carbocycles. The minimum Gasteiger partial charge on any atom is -0.497 e. The van der Waals surface area contributed by atoms with Crippen LogP contribution in [0.5, 0.6) is 5.75 Å². The van der Waals surface area contributed by atoms with Gasteiger partial charge in [0.2, 0.25) is 0 Å². The van der Waals surface area contributed by atoms with Crippen molar-refractivity contribution in [3.63, 3.8) is 0 Å². The highest BCUT2D eigenvalue weighted by Gasteiger charge is 2.41. The Balaban J connectivity index is 1.95. The van der Waals surface area contributed by atoms with E-state index in [2.05, 4.69) is 0 Å². The first-order chi connectivity index (χ1) is 11.1. The van der Waals surface area contributed by atoms with Crippen molar-refractivity contribution >= 4 is 16.6 Å². The smallest absolute Gasteiger partial charge is 0.138 e. The summed E-state index contributed by atoms with van der Waals surface area (Å²) in [6.45, 7) is 1.89. The predicted octanol–water partition coefficient (Wildman–Crippen LogP) is 3.84. The SMILES string of the molecule is COc1ccc(C2CC(=O)C(C)C(c3ccccc3)S2=O)cc1. The standard InChI is InChI=1S/C19H20O3S/c1-13-17(20)12-18(14-8-10-16(22-2)11-9-14)23(21)19(13)15-6-4-3-5-7-15/h3-11,13,18-19H,12H2,1-2H3. The molecule has 1 heterocycles. The Bertz CT molecular complexity index is 709. The second kappa shape index (κ2) is 6.67. The van der Waals surface area contributed by atoms with Crippen LogP contribution in [0.1, 0.15) is 35.0 Å². The number of rotatable bonds is 3. The fourth-order valence-electron chi connectivity index (χ4n) is 3.13. The van der Waals surface area contributed by atoms with Crippen LogP contribution in [0.4, 0.5) is 0 Å². The first-order valence-electron chi connectivity index (χ1n) is 7.73. The third-order valence-electron chi connectivity index (χ3n) is 4.49. The monoisotopic (exact) mass is 328 g/mol. The molecule has 23 heavy (non-hydrogen) atoms. The van der Waals surface area contributed by atoms with Crippen molar-refractivity contribution in [1.29, 1.82) is 0 Å². The number of hydrogen-bond acceptors (Lipinski definition) is 3. The highest BCUT2D eigenvalue weighted by atomic mass is 32.2. The topological polar surface area (TPSA) is 43.4 Å². The second-order valence-corrected chi connectivity index (χ2v) is 7.61. The maximum absolute atomic E-state index is 13.2. The Morgan fingerprint density at radius 2 is 1.65 bits per heavy atom. The molecule has 0 N–H and O–H groups in total. The summed E-state index contributed by atoms with van der Waals surface area (Å²) in [6, 6.07) is 17.2. The fraction of sp³-hybridized carbons (Fsp3) is 0.316. The van der Waals surface area contributed by atoms with Crippen LogP contribution in [0, 0.1) is 5.92 Å². The van der Waals surface area contributed by atoms with Gasteiger partial charge in [0.25, 0.3) is 0 Å². The third kappa shape index (κ3) is 3.08. The number of carbonyl (C=O) groups excluding carboxylic acids is 1. The Labute approximate surface area is 139 Å². The number of ether oxygens (including phenoxy) is 1. The predicted molar refractivity (Wildman–Crippen MR) is 91.8 cm³/mol. The largest absolute Gasteiger partial charge is 0.497 e. The van der Waals surface area contributed by atoms with Crippen molar-refractivity contribution in [3.8, 4) is 5.75 Å². The first-order valence-corrected chi connectivity index (χ1v) is 9.00. The molecule has 4 heteroatoms. The number of Topliss-reactive ketones (excluding diaryl/α,β-unsaturated/α-hetero) is 1. The zero-order chi connectivity index (χ0) is 16.4. The van der Waals surface area contributed by atoms with E-state index in [4.69, 9.17) is 4.74 Å². The summed E-state index contributed by atoms with van der Waals surface area (Å²) in [7, 11) is 0.477. The van der Waals surface area contributed by atoms with Crippen LogP contribution >= 0.6 is 0 Å². The molecule has 0 aromatic heterocycles. The van der Waals surface area contributed by atoms with E-state index in [1.165, 1.54) is 0 Å². The summed E-state index contributed by atoms with van der Waals surface area (Å²) >= 11 is 0. The van der Waals surface area contributed by atoms with Crippen LogP contribution in [0.3, 0.4) is 0 Å². The van der Waals surface area contributed by atoms with Gasteiger partial charge in [0.1, 0.15) is 11.5 Å². The molecule has 120 valence electrons. The summed E-state index contributed by atoms with van der Waals surface area (Å²) < 4.78 is 18.3. The molecule has 0 radical (unpaired) electrons. The summed E-state index contributed by atoms with van der Waals surface area (Å²) in [5, 5.41) is -0.501. The molecule has 1 aliphatic rings. The van der Waals surface area contributed by atoms with Gasteiger partial charge in [-0.05, 0) is 23.3 Å². The van der Waals surface area contributed by atoms with Crippen molar-refractivity contribution in [2.75, 3.05) is 7.11 Å². The molecule has 4 atom stereocenters. The van der Waals surface area contributed by atoms with E-state index < -0.39 is 10.8 Å². The van der Waals surface area contributed by atoms with Crippen molar-refractivity contribution in [3.05, 3.63) is 65.7 Å². The van der Waals surface area contributed by atoms with Crippen LogP contribution in [0.25, 0.3) is 0 Å². The van der Waals surface area contributed by atoms with E-state index in [-0.39, 0.29) is 22.2 Å². The summed E-state index contributed by atoms with van der Waals surface area (Å²) in [5.41, 5.74) is 1.91. The molecule has 0 spiro atoms. The molecular formula is C19H20O3S. The second-order valence-electron chi connectivity index (χ2n) is 5.88. The summed E-state index contributed by atoms with van der Waals surface area (Å²) in [5.74, 6) is 0.724. The summed E-state index contributed by atoms with van der Waals surface area (Å²) in [6.07, 6.45) is 0.337. The maximum Gasteiger partial charge on any atom is 0.138 e. The van der Waals surface area contributed by atoms with Gasteiger partial charge in [-0.25, -0.2) is 0 Å². The van der Waals surface area contributed by atoms with Crippen LogP contribution in [0.2, 0.25) is 0 Å². The number of benzene rings is 2. The molecule has 3 rings (SSSR count). The van der Waals surface area contributed by atoms with E-state index in [9.17, 15) is 9.00 Å². The van der Waals surface area contributed by atoms with E-state index in [1.807, 2.05) is 61.5 Å². The Morgan fingerprint density at radius 3 is 2.26 bits per heavy atom. The highest BCUT2D eigenvalue weighted by Crippen LogP contribution is 2.43. The van der Waals surface area contributed by atoms with Crippen molar-refractivity contribution in [2.45, 2.75) is 23.8 Å². The lowest BCUT2D eigenvalue weighted by Gasteiger charge is -2.33. The van der Waals surface area contributed by atoms with Gasteiger partial charge in [-0.1, -0.05) is 49.4 Å².